The van der Waals surface area contributed by atoms with Gasteiger partial charge in [-0.15, -0.1) is 0 Å². The van der Waals surface area contributed by atoms with E-state index in [0.717, 1.165) is 109 Å². The third-order valence-corrected chi connectivity index (χ3v) is 14.8. The molecule has 0 aromatic heterocycles. The van der Waals surface area contributed by atoms with Gasteiger partial charge in [0.15, 0.2) is 6.10 Å². The van der Waals surface area contributed by atoms with Crippen molar-refractivity contribution < 1.29 is 28.6 Å². The second kappa shape index (κ2) is 64.6. The van der Waals surface area contributed by atoms with E-state index in [4.69, 9.17) is 14.2 Å². The molecule has 0 spiro atoms. The SMILES string of the molecule is CC/C=C\C/C=C\C/C=C\C/C=C\C/C=C\CCCCCCCC(=O)OC(COC(=O)CCCCCCCCCCCC)COC(=O)CCCCCCCCCCCCCCCCCCCCCCCCCCCCC. The average molecular weight is 1060 g/mol. The summed E-state index contributed by atoms with van der Waals surface area (Å²) in [6.07, 6.45) is 82.5. The van der Waals surface area contributed by atoms with E-state index >= 15 is 0 Å². The summed E-state index contributed by atoms with van der Waals surface area (Å²) in [5.41, 5.74) is 0. The highest BCUT2D eigenvalue weighted by Crippen LogP contribution is 2.18. The van der Waals surface area contributed by atoms with Crippen LogP contribution >= 0.6 is 0 Å². The first-order valence-corrected chi connectivity index (χ1v) is 33.3. The molecule has 0 saturated carbocycles. The van der Waals surface area contributed by atoms with Crippen molar-refractivity contribution in [3.05, 3.63) is 60.8 Å². The first-order valence-electron chi connectivity index (χ1n) is 33.3. The largest absolute Gasteiger partial charge is 0.462 e. The molecule has 6 nitrogen and oxygen atoms in total. The number of esters is 3. The molecule has 76 heavy (non-hydrogen) atoms. The minimum atomic E-state index is -0.782. The zero-order valence-corrected chi connectivity index (χ0v) is 50.8. The Bertz CT molecular complexity index is 1360. The van der Waals surface area contributed by atoms with E-state index in [0.29, 0.717) is 19.3 Å². The fourth-order valence-corrected chi connectivity index (χ4v) is 9.83. The molecule has 1 atom stereocenters. The van der Waals surface area contributed by atoms with E-state index in [1.807, 2.05) is 0 Å². The van der Waals surface area contributed by atoms with Crippen LogP contribution in [-0.4, -0.2) is 37.2 Å². The third-order valence-electron chi connectivity index (χ3n) is 14.8. The normalized spacial score (nSPS) is 12.4. The van der Waals surface area contributed by atoms with Crippen molar-refractivity contribution in [3.63, 3.8) is 0 Å². The van der Waals surface area contributed by atoms with Gasteiger partial charge in [-0.2, -0.15) is 0 Å². The molecule has 0 heterocycles. The Morgan fingerprint density at radius 2 is 0.513 bits per heavy atom. The van der Waals surface area contributed by atoms with E-state index < -0.39 is 6.10 Å². The number of rotatable bonds is 61. The summed E-state index contributed by atoms with van der Waals surface area (Å²) in [5.74, 6) is -0.879. The Balaban J connectivity index is 4.20. The van der Waals surface area contributed by atoms with Crippen molar-refractivity contribution in [2.24, 2.45) is 0 Å². The maximum absolute atomic E-state index is 12.9. The third kappa shape index (κ3) is 62.0. The molecule has 0 aliphatic rings. The maximum atomic E-state index is 12.9. The number of hydrogen-bond donors (Lipinski definition) is 0. The van der Waals surface area contributed by atoms with Crippen LogP contribution in [0, 0.1) is 0 Å². The number of ether oxygens (including phenoxy) is 3. The Kier molecular flexibility index (Phi) is 62.2. The molecule has 6 heteroatoms. The van der Waals surface area contributed by atoms with Gasteiger partial charge < -0.3 is 14.2 Å². The fraction of sp³-hybridized carbons (Fsp3) is 0.814. The highest BCUT2D eigenvalue weighted by atomic mass is 16.6. The lowest BCUT2D eigenvalue weighted by Gasteiger charge is -2.18. The van der Waals surface area contributed by atoms with E-state index in [9.17, 15) is 14.4 Å². The van der Waals surface area contributed by atoms with Crippen molar-refractivity contribution in [3.8, 4) is 0 Å². The molecule has 442 valence electrons. The molecular weight excluding hydrogens is 937 g/mol. The van der Waals surface area contributed by atoms with Gasteiger partial charge in [-0.1, -0.05) is 326 Å². The van der Waals surface area contributed by atoms with Crippen LogP contribution in [0.1, 0.15) is 348 Å². The molecule has 0 aliphatic heterocycles. The first-order chi connectivity index (χ1) is 37.5. The predicted octanol–water partition coefficient (Wildman–Crippen LogP) is 22.7. The van der Waals surface area contributed by atoms with Crippen LogP contribution in [0.25, 0.3) is 0 Å². The van der Waals surface area contributed by atoms with E-state index in [-0.39, 0.29) is 31.1 Å². The fourth-order valence-electron chi connectivity index (χ4n) is 9.83. The highest BCUT2D eigenvalue weighted by molar-refractivity contribution is 5.71. The van der Waals surface area contributed by atoms with E-state index in [1.165, 1.54) is 199 Å². The minimum absolute atomic E-state index is 0.0780. The molecular formula is C70H126O6. The second-order valence-corrected chi connectivity index (χ2v) is 22.4. The van der Waals surface area contributed by atoms with Crippen molar-refractivity contribution in [2.75, 3.05) is 13.2 Å². The molecule has 0 amide bonds. The molecule has 0 rings (SSSR count). The summed E-state index contributed by atoms with van der Waals surface area (Å²) in [5, 5.41) is 0. The second-order valence-electron chi connectivity index (χ2n) is 22.4. The zero-order valence-electron chi connectivity index (χ0n) is 50.8. The van der Waals surface area contributed by atoms with Gasteiger partial charge in [0.2, 0.25) is 0 Å². The number of allylic oxidation sites excluding steroid dienone is 10. The van der Waals surface area contributed by atoms with Crippen LogP contribution in [0.5, 0.6) is 0 Å². The molecule has 0 aromatic rings. The molecule has 1 unspecified atom stereocenters. The van der Waals surface area contributed by atoms with E-state index in [1.54, 1.807) is 0 Å². The number of carbonyl (C=O) groups excluding carboxylic acids is 3. The molecule has 0 fully saturated rings. The monoisotopic (exact) mass is 1060 g/mol. The first kappa shape index (κ1) is 73.1. The average Bonchev–Trinajstić information content (AvgIpc) is 3.42. The van der Waals surface area contributed by atoms with Gasteiger partial charge in [0.05, 0.1) is 0 Å². The minimum Gasteiger partial charge on any atom is -0.462 e. The van der Waals surface area contributed by atoms with Gasteiger partial charge in [-0.25, -0.2) is 0 Å². The Labute approximate surface area is 472 Å². The summed E-state index contributed by atoms with van der Waals surface area (Å²) in [7, 11) is 0. The quantitative estimate of drug-likeness (QED) is 0.0261. The Morgan fingerprint density at radius 3 is 0.803 bits per heavy atom. The van der Waals surface area contributed by atoms with Crippen molar-refractivity contribution in [1.29, 1.82) is 0 Å². The predicted molar refractivity (Wildman–Crippen MR) is 330 cm³/mol. The summed E-state index contributed by atoms with van der Waals surface area (Å²) in [6.45, 7) is 6.55. The van der Waals surface area contributed by atoms with Crippen LogP contribution in [0.4, 0.5) is 0 Å². The molecule has 0 bridgehead atoms. The summed E-state index contributed by atoms with van der Waals surface area (Å²) in [4.78, 5) is 38.2. The topological polar surface area (TPSA) is 78.9 Å². The Morgan fingerprint density at radius 1 is 0.276 bits per heavy atom. The standard InChI is InChI=1S/C70H126O6/c1-4-7-10-13-16-19-22-24-26-28-30-32-33-34-35-36-37-39-40-42-44-46-48-51-54-57-60-63-69(72)75-66-67(65-74-68(71)62-59-56-53-50-21-18-15-12-9-6-3)76-70(73)64-61-58-55-52-49-47-45-43-41-38-31-29-27-25-23-20-17-14-11-8-5-2/h8,11,17,20,25,27,31,38,43,45,67H,4-7,9-10,12-16,18-19,21-24,26,28-30,32-37,39-42,44,46-66H2,1-3H3/b11-8-,20-17-,27-25-,38-31-,45-43-. The van der Waals surface area contributed by atoms with Crippen LogP contribution in [-0.2, 0) is 28.6 Å². The maximum Gasteiger partial charge on any atom is 0.306 e. The van der Waals surface area contributed by atoms with Gasteiger partial charge in [-0.3, -0.25) is 14.4 Å². The Hall–Kier alpha value is -2.89. The summed E-state index contributed by atoms with van der Waals surface area (Å²) >= 11 is 0. The van der Waals surface area contributed by atoms with Crippen LogP contribution in [0.3, 0.4) is 0 Å². The highest BCUT2D eigenvalue weighted by Gasteiger charge is 2.19. The van der Waals surface area contributed by atoms with Gasteiger partial charge in [0.25, 0.3) is 0 Å². The van der Waals surface area contributed by atoms with Gasteiger partial charge in [-0.05, 0) is 64.2 Å². The lowest BCUT2D eigenvalue weighted by Crippen LogP contribution is -2.30. The molecule has 0 aromatic carbocycles. The van der Waals surface area contributed by atoms with Gasteiger partial charge in [0.1, 0.15) is 13.2 Å². The number of unbranched alkanes of at least 4 members (excludes halogenated alkanes) is 40. The smallest absolute Gasteiger partial charge is 0.306 e. The van der Waals surface area contributed by atoms with Crippen LogP contribution in [0.15, 0.2) is 60.8 Å². The van der Waals surface area contributed by atoms with E-state index in [2.05, 4.69) is 81.5 Å². The molecule has 0 N–H and O–H groups in total. The van der Waals surface area contributed by atoms with Gasteiger partial charge >= 0.3 is 17.9 Å². The van der Waals surface area contributed by atoms with Gasteiger partial charge in [0, 0.05) is 19.3 Å². The summed E-state index contributed by atoms with van der Waals surface area (Å²) < 4.78 is 16.9. The lowest BCUT2D eigenvalue weighted by molar-refractivity contribution is -0.167. The van der Waals surface area contributed by atoms with Crippen molar-refractivity contribution in [1.82, 2.24) is 0 Å². The summed E-state index contributed by atoms with van der Waals surface area (Å²) in [6, 6.07) is 0. The lowest BCUT2D eigenvalue weighted by atomic mass is 10.0. The van der Waals surface area contributed by atoms with Crippen molar-refractivity contribution in [2.45, 2.75) is 354 Å². The molecule has 0 aliphatic carbocycles. The number of carbonyl (C=O) groups is 3. The van der Waals surface area contributed by atoms with Crippen LogP contribution in [0.2, 0.25) is 0 Å². The van der Waals surface area contributed by atoms with Crippen LogP contribution < -0.4 is 0 Å². The zero-order chi connectivity index (χ0) is 55.0. The molecule has 0 radical (unpaired) electrons. The molecule has 0 saturated heterocycles. The van der Waals surface area contributed by atoms with Crippen molar-refractivity contribution >= 4 is 17.9 Å². The number of hydrogen-bond acceptors (Lipinski definition) is 6.